The van der Waals surface area contributed by atoms with Gasteiger partial charge in [-0.25, -0.2) is 0 Å². The van der Waals surface area contributed by atoms with Crippen molar-refractivity contribution in [1.29, 1.82) is 0 Å². The molecule has 0 aliphatic heterocycles. The highest BCUT2D eigenvalue weighted by atomic mass is 32.2. The van der Waals surface area contributed by atoms with E-state index >= 15 is 0 Å². The Morgan fingerprint density at radius 1 is 1.35 bits per heavy atom. The van der Waals surface area contributed by atoms with Gasteiger partial charge in [-0.3, -0.25) is 4.79 Å². The zero-order chi connectivity index (χ0) is 12.9. The van der Waals surface area contributed by atoms with Crippen molar-refractivity contribution >= 4 is 17.5 Å². The molecule has 0 bridgehead atoms. The van der Waals surface area contributed by atoms with Crippen molar-refractivity contribution in [1.82, 2.24) is 0 Å². The van der Waals surface area contributed by atoms with Crippen LogP contribution in [0, 0.1) is 0 Å². The van der Waals surface area contributed by atoms with E-state index in [-0.39, 0.29) is 17.1 Å². The van der Waals surface area contributed by atoms with Crippen molar-refractivity contribution in [3.05, 3.63) is 35.4 Å². The topological polar surface area (TPSA) is 17.1 Å². The molecule has 1 aromatic rings. The van der Waals surface area contributed by atoms with Crippen LogP contribution < -0.4 is 0 Å². The fraction of sp³-hybridized carbons (Fsp3) is 0.417. The SMILES string of the molecule is CCCSCC(=O)c1cccc(C(F)(F)F)c1. The van der Waals surface area contributed by atoms with Gasteiger partial charge in [0.05, 0.1) is 11.3 Å². The van der Waals surface area contributed by atoms with Crippen LogP contribution >= 0.6 is 11.8 Å². The van der Waals surface area contributed by atoms with Crippen molar-refractivity contribution in [3.8, 4) is 0 Å². The number of thioether (sulfide) groups is 1. The molecule has 0 N–H and O–H groups in total. The van der Waals surface area contributed by atoms with Gasteiger partial charge in [0, 0.05) is 5.56 Å². The second-order valence-corrected chi connectivity index (χ2v) is 4.66. The molecule has 0 fully saturated rings. The van der Waals surface area contributed by atoms with Crippen LogP contribution in [-0.2, 0) is 6.18 Å². The summed E-state index contributed by atoms with van der Waals surface area (Å²) >= 11 is 1.44. The van der Waals surface area contributed by atoms with Gasteiger partial charge in [0.2, 0.25) is 0 Å². The molecule has 0 saturated heterocycles. The summed E-state index contributed by atoms with van der Waals surface area (Å²) in [7, 11) is 0. The summed E-state index contributed by atoms with van der Waals surface area (Å²) in [6, 6.07) is 4.56. The van der Waals surface area contributed by atoms with E-state index in [1.807, 2.05) is 6.92 Å². The fourth-order valence-corrected chi connectivity index (χ4v) is 2.05. The van der Waals surface area contributed by atoms with Crippen LogP contribution in [0.5, 0.6) is 0 Å². The van der Waals surface area contributed by atoms with E-state index in [9.17, 15) is 18.0 Å². The van der Waals surface area contributed by atoms with E-state index in [0.29, 0.717) is 0 Å². The first kappa shape index (κ1) is 14.1. The first-order chi connectivity index (χ1) is 7.95. The molecule has 0 aromatic heterocycles. The van der Waals surface area contributed by atoms with Crippen LogP contribution in [0.1, 0.15) is 29.3 Å². The highest BCUT2D eigenvalue weighted by Gasteiger charge is 2.30. The number of hydrogen-bond donors (Lipinski definition) is 0. The predicted octanol–water partition coefficient (Wildman–Crippen LogP) is 4.03. The van der Waals surface area contributed by atoms with E-state index in [4.69, 9.17) is 0 Å². The molecular formula is C12H13F3OS. The van der Waals surface area contributed by atoms with Crippen LogP contribution in [0.2, 0.25) is 0 Å². The molecule has 17 heavy (non-hydrogen) atoms. The summed E-state index contributed by atoms with van der Waals surface area (Å²) in [5.74, 6) is 0.814. The van der Waals surface area contributed by atoms with Gasteiger partial charge in [0.25, 0.3) is 0 Å². The largest absolute Gasteiger partial charge is 0.416 e. The average molecular weight is 262 g/mol. The van der Waals surface area contributed by atoms with E-state index in [1.54, 1.807) is 0 Å². The lowest BCUT2D eigenvalue weighted by Gasteiger charge is -2.08. The van der Waals surface area contributed by atoms with Gasteiger partial charge in [0.15, 0.2) is 5.78 Å². The normalized spacial score (nSPS) is 11.5. The smallest absolute Gasteiger partial charge is 0.293 e. The monoisotopic (exact) mass is 262 g/mol. The third-order valence-electron chi connectivity index (χ3n) is 2.09. The maximum Gasteiger partial charge on any atom is 0.416 e. The van der Waals surface area contributed by atoms with Crippen molar-refractivity contribution in [3.63, 3.8) is 0 Å². The van der Waals surface area contributed by atoms with Crippen LogP contribution in [0.15, 0.2) is 24.3 Å². The average Bonchev–Trinajstić information content (AvgIpc) is 2.28. The van der Waals surface area contributed by atoms with Gasteiger partial charge < -0.3 is 0 Å². The minimum absolute atomic E-state index is 0.128. The van der Waals surface area contributed by atoms with Gasteiger partial charge in [-0.05, 0) is 24.3 Å². The Hall–Kier alpha value is -0.970. The molecule has 0 spiro atoms. The molecule has 1 rings (SSSR count). The molecule has 0 amide bonds. The third-order valence-corrected chi connectivity index (χ3v) is 3.26. The van der Waals surface area contributed by atoms with E-state index in [1.165, 1.54) is 23.9 Å². The maximum atomic E-state index is 12.4. The number of carbonyl (C=O) groups is 1. The molecular weight excluding hydrogens is 249 g/mol. The highest BCUT2D eigenvalue weighted by Crippen LogP contribution is 2.29. The predicted molar refractivity (Wildman–Crippen MR) is 63.4 cm³/mol. The number of Topliss-reactive ketones (excluding diaryl/α,β-unsaturated/α-hetero) is 1. The second-order valence-electron chi connectivity index (χ2n) is 3.55. The van der Waals surface area contributed by atoms with Crippen molar-refractivity contribution in [2.24, 2.45) is 0 Å². The maximum absolute atomic E-state index is 12.4. The molecule has 0 unspecified atom stereocenters. The van der Waals surface area contributed by atoms with Crippen LogP contribution in [0.3, 0.4) is 0 Å². The van der Waals surface area contributed by atoms with Crippen LogP contribution in [-0.4, -0.2) is 17.3 Å². The van der Waals surface area contributed by atoms with Gasteiger partial charge in [-0.15, -0.1) is 0 Å². The van der Waals surface area contributed by atoms with Crippen LogP contribution in [0.25, 0.3) is 0 Å². The summed E-state index contributed by atoms with van der Waals surface area (Å²) < 4.78 is 37.3. The Labute approximate surface area is 102 Å². The Morgan fingerprint density at radius 2 is 2.06 bits per heavy atom. The van der Waals surface area contributed by atoms with Crippen molar-refractivity contribution < 1.29 is 18.0 Å². The Bertz CT molecular complexity index is 388. The number of carbonyl (C=O) groups excluding carboxylic acids is 1. The zero-order valence-corrected chi connectivity index (χ0v) is 10.2. The second kappa shape index (κ2) is 6.10. The highest BCUT2D eigenvalue weighted by molar-refractivity contribution is 7.99. The van der Waals surface area contributed by atoms with E-state index in [2.05, 4.69) is 0 Å². The quantitative estimate of drug-likeness (QED) is 0.588. The van der Waals surface area contributed by atoms with Gasteiger partial charge in [-0.1, -0.05) is 19.1 Å². The van der Waals surface area contributed by atoms with Gasteiger partial charge >= 0.3 is 6.18 Å². The molecule has 0 heterocycles. The molecule has 0 saturated carbocycles. The lowest BCUT2D eigenvalue weighted by Crippen LogP contribution is -2.08. The first-order valence-electron chi connectivity index (χ1n) is 5.23. The third kappa shape index (κ3) is 4.42. The minimum atomic E-state index is -4.40. The molecule has 5 heteroatoms. The Balaban J connectivity index is 2.74. The molecule has 1 nitrogen and oxygen atoms in total. The van der Waals surface area contributed by atoms with Crippen LogP contribution in [0.4, 0.5) is 13.2 Å². The lowest BCUT2D eigenvalue weighted by atomic mass is 10.1. The number of rotatable bonds is 5. The molecule has 1 aromatic carbocycles. The van der Waals surface area contributed by atoms with Crippen molar-refractivity contribution in [2.75, 3.05) is 11.5 Å². The van der Waals surface area contributed by atoms with Crippen molar-refractivity contribution in [2.45, 2.75) is 19.5 Å². The Morgan fingerprint density at radius 3 is 2.65 bits per heavy atom. The van der Waals surface area contributed by atoms with Gasteiger partial charge in [0.1, 0.15) is 0 Å². The molecule has 0 radical (unpaired) electrons. The standard InChI is InChI=1S/C12H13F3OS/c1-2-6-17-8-11(16)9-4-3-5-10(7-9)12(13,14)15/h3-5,7H,2,6,8H2,1H3. The fourth-order valence-electron chi connectivity index (χ4n) is 1.26. The minimum Gasteiger partial charge on any atom is -0.293 e. The number of ketones is 1. The first-order valence-corrected chi connectivity index (χ1v) is 6.39. The number of halogens is 3. The Kier molecular flexibility index (Phi) is 5.05. The molecule has 0 atom stereocenters. The zero-order valence-electron chi connectivity index (χ0n) is 9.38. The lowest BCUT2D eigenvalue weighted by molar-refractivity contribution is -0.137. The number of benzene rings is 1. The summed E-state index contributed by atoms with van der Waals surface area (Å²) in [4.78, 5) is 11.6. The molecule has 0 aliphatic rings. The number of hydrogen-bond acceptors (Lipinski definition) is 2. The van der Waals surface area contributed by atoms with E-state index in [0.717, 1.165) is 24.3 Å². The summed E-state index contributed by atoms with van der Waals surface area (Å²) in [6.07, 6.45) is -3.45. The van der Waals surface area contributed by atoms with Gasteiger partial charge in [-0.2, -0.15) is 24.9 Å². The summed E-state index contributed by atoms with van der Waals surface area (Å²) in [5, 5.41) is 0. The number of alkyl halides is 3. The molecule has 0 aliphatic carbocycles. The summed E-state index contributed by atoms with van der Waals surface area (Å²) in [5.41, 5.74) is -0.646. The summed E-state index contributed by atoms with van der Waals surface area (Å²) in [6.45, 7) is 1.99. The van der Waals surface area contributed by atoms with E-state index < -0.39 is 11.7 Å². The molecule has 94 valence electrons.